The van der Waals surface area contributed by atoms with Gasteiger partial charge in [0.05, 0.1) is 25.4 Å². The first-order valence-corrected chi connectivity index (χ1v) is 10.3. The van der Waals surface area contributed by atoms with Crippen LogP contribution in [0.5, 0.6) is 17.2 Å². The molecule has 0 N–H and O–H groups in total. The van der Waals surface area contributed by atoms with Crippen LogP contribution in [0.25, 0.3) is 11.5 Å². The molecular weight excluding hydrogens is 398 g/mol. The molecule has 31 heavy (non-hydrogen) atoms. The van der Waals surface area contributed by atoms with Crippen LogP contribution in [0.15, 0.2) is 46.9 Å². The van der Waals surface area contributed by atoms with Crippen LogP contribution in [0.1, 0.15) is 42.6 Å². The van der Waals surface area contributed by atoms with Crippen molar-refractivity contribution in [1.29, 1.82) is 0 Å². The molecule has 0 radical (unpaired) electrons. The molecule has 0 atom stereocenters. The number of hydrogen-bond acceptors (Lipinski definition) is 7. The standard InChI is InChI=1S/C24H27NO6/c1-5-27-20-13-18(14-21(28-6-2)22(20)29-7-3)24(26)30-15-19-16(4)31-23(25-19)17-11-9-8-10-12-17/h8-14H,5-7,15H2,1-4H3. The minimum absolute atomic E-state index is 0.0118. The van der Waals surface area contributed by atoms with Gasteiger partial charge in [0, 0.05) is 5.56 Å². The molecule has 7 heteroatoms. The molecule has 0 saturated heterocycles. The molecule has 2 aromatic carbocycles. The summed E-state index contributed by atoms with van der Waals surface area (Å²) >= 11 is 0. The maximum Gasteiger partial charge on any atom is 0.338 e. The van der Waals surface area contributed by atoms with Gasteiger partial charge in [-0.25, -0.2) is 9.78 Å². The highest BCUT2D eigenvalue weighted by atomic mass is 16.5. The fourth-order valence-corrected chi connectivity index (χ4v) is 2.99. The zero-order valence-electron chi connectivity index (χ0n) is 18.3. The molecule has 0 aliphatic carbocycles. The number of aryl methyl sites for hydroxylation is 1. The van der Waals surface area contributed by atoms with Crippen LogP contribution in [0.4, 0.5) is 0 Å². The molecule has 0 unspecified atom stereocenters. The average Bonchev–Trinajstić information content (AvgIpc) is 3.15. The van der Waals surface area contributed by atoms with E-state index >= 15 is 0 Å². The molecule has 3 aromatic rings. The lowest BCUT2D eigenvalue weighted by atomic mass is 10.2. The van der Waals surface area contributed by atoms with Crippen molar-refractivity contribution in [2.75, 3.05) is 19.8 Å². The Balaban J connectivity index is 1.79. The van der Waals surface area contributed by atoms with Crippen LogP contribution in [0, 0.1) is 6.92 Å². The molecule has 1 heterocycles. The first kappa shape index (κ1) is 22.2. The van der Waals surface area contributed by atoms with Crippen molar-refractivity contribution in [3.63, 3.8) is 0 Å². The predicted octanol–water partition coefficient (Wildman–Crippen LogP) is 5.20. The van der Waals surface area contributed by atoms with Crippen LogP contribution < -0.4 is 14.2 Å². The number of nitrogens with zero attached hydrogens (tertiary/aromatic N) is 1. The van der Waals surface area contributed by atoms with E-state index < -0.39 is 5.97 Å². The maximum atomic E-state index is 12.8. The summed E-state index contributed by atoms with van der Waals surface area (Å²) in [6.07, 6.45) is 0. The Hall–Kier alpha value is -3.48. The molecule has 0 saturated carbocycles. The summed E-state index contributed by atoms with van der Waals surface area (Å²) in [6, 6.07) is 12.8. The number of carbonyl (C=O) groups excluding carboxylic acids is 1. The second-order valence-electron chi connectivity index (χ2n) is 6.56. The van der Waals surface area contributed by atoms with Crippen LogP contribution in [-0.2, 0) is 11.3 Å². The van der Waals surface area contributed by atoms with Crippen molar-refractivity contribution >= 4 is 5.97 Å². The topological polar surface area (TPSA) is 80.0 Å². The Bertz CT molecular complexity index is 985. The lowest BCUT2D eigenvalue weighted by Crippen LogP contribution is -2.09. The van der Waals surface area contributed by atoms with Crippen LogP contribution in [-0.4, -0.2) is 30.8 Å². The lowest BCUT2D eigenvalue weighted by molar-refractivity contribution is 0.0465. The van der Waals surface area contributed by atoms with Gasteiger partial charge in [-0.05, 0) is 52.0 Å². The van der Waals surface area contributed by atoms with E-state index in [1.807, 2.05) is 51.1 Å². The minimum Gasteiger partial charge on any atom is -0.490 e. The summed E-state index contributed by atoms with van der Waals surface area (Å²) in [7, 11) is 0. The van der Waals surface area contributed by atoms with Crippen molar-refractivity contribution in [2.24, 2.45) is 0 Å². The predicted molar refractivity (Wildman–Crippen MR) is 116 cm³/mol. The Morgan fingerprint density at radius 1 is 0.935 bits per heavy atom. The Morgan fingerprint density at radius 3 is 2.13 bits per heavy atom. The van der Waals surface area contributed by atoms with E-state index in [2.05, 4.69) is 4.98 Å². The number of oxazole rings is 1. The highest BCUT2D eigenvalue weighted by Gasteiger charge is 2.20. The second kappa shape index (κ2) is 10.5. The number of hydrogen-bond donors (Lipinski definition) is 0. The summed E-state index contributed by atoms with van der Waals surface area (Å²) in [6.45, 7) is 8.66. The summed E-state index contributed by atoms with van der Waals surface area (Å²) in [5.41, 5.74) is 1.73. The number of rotatable bonds is 10. The van der Waals surface area contributed by atoms with E-state index in [0.717, 1.165) is 5.56 Å². The number of esters is 1. The number of benzene rings is 2. The average molecular weight is 425 g/mol. The highest BCUT2D eigenvalue weighted by molar-refractivity contribution is 5.91. The molecule has 164 valence electrons. The van der Waals surface area contributed by atoms with Gasteiger partial charge < -0.3 is 23.4 Å². The van der Waals surface area contributed by atoms with Gasteiger partial charge in [-0.3, -0.25) is 0 Å². The van der Waals surface area contributed by atoms with E-state index in [0.29, 0.717) is 60.0 Å². The van der Waals surface area contributed by atoms with Crippen molar-refractivity contribution in [2.45, 2.75) is 34.3 Å². The van der Waals surface area contributed by atoms with Gasteiger partial charge in [0.1, 0.15) is 18.1 Å². The maximum absolute atomic E-state index is 12.8. The van der Waals surface area contributed by atoms with Gasteiger partial charge in [-0.15, -0.1) is 0 Å². The van der Waals surface area contributed by atoms with Gasteiger partial charge in [-0.1, -0.05) is 18.2 Å². The first-order valence-electron chi connectivity index (χ1n) is 10.3. The third kappa shape index (κ3) is 5.36. The zero-order chi connectivity index (χ0) is 22.2. The summed E-state index contributed by atoms with van der Waals surface area (Å²) < 4.78 is 28.2. The number of carbonyl (C=O) groups is 1. The van der Waals surface area contributed by atoms with Gasteiger partial charge >= 0.3 is 5.97 Å². The molecule has 0 aliphatic rings. The summed E-state index contributed by atoms with van der Waals surface area (Å²) in [5.74, 6) is 1.92. The van der Waals surface area contributed by atoms with E-state index in [-0.39, 0.29) is 6.61 Å². The molecule has 0 spiro atoms. The Labute approximate surface area is 181 Å². The normalized spacial score (nSPS) is 10.6. The number of ether oxygens (including phenoxy) is 4. The van der Waals surface area contributed by atoms with Crippen molar-refractivity contribution < 1.29 is 28.2 Å². The monoisotopic (exact) mass is 425 g/mol. The fraction of sp³-hybridized carbons (Fsp3) is 0.333. The molecule has 0 aliphatic heterocycles. The van der Waals surface area contributed by atoms with Crippen molar-refractivity contribution in [3.8, 4) is 28.7 Å². The molecule has 3 rings (SSSR count). The molecule has 0 amide bonds. The second-order valence-corrected chi connectivity index (χ2v) is 6.56. The first-order chi connectivity index (χ1) is 15.1. The molecular formula is C24H27NO6. The lowest BCUT2D eigenvalue weighted by Gasteiger charge is -2.16. The number of aromatic nitrogens is 1. The Morgan fingerprint density at radius 2 is 1.55 bits per heavy atom. The Kier molecular flexibility index (Phi) is 7.54. The van der Waals surface area contributed by atoms with E-state index in [1.165, 1.54) is 0 Å². The largest absolute Gasteiger partial charge is 0.490 e. The smallest absolute Gasteiger partial charge is 0.338 e. The van der Waals surface area contributed by atoms with Crippen LogP contribution in [0.2, 0.25) is 0 Å². The van der Waals surface area contributed by atoms with E-state index in [1.54, 1.807) is 19.1 Å². The quantitative estimate of drug-likeness (QED) is 0.413. The molecule has 0 bridgehead atoms. The van der Waals surface area contributed by atoms with Crippen molar-refractivity contribution in [3.05, 3.63) is 59.5 Å². The highest BCUT2D eigenvalue weighted by Crippen LogP contribution is 2.39. The SMILES string of the molecule is CCOc1cc(C(=O)OCc2nc(-c3ccccc3)oc2C)cc(OCC)c1OCC. The molecule has 1 aromatic heterocycles. The zero-order valence-corrected chi connectivity index (χ0v) is 18.3. The molecule has 7 nitrogen and oxygen atoms in total. The van der Waals surface area contributed by atoms with Gasteiger partial charge in [0.15, 0.2) is 11.5 Å². The van der Waals surface area contributed by atoms with E-state index in [4.69, 9.17) is 23.4 Å². The third-order valence-corrected chi connectivity index (χ3v) is 4.40. The third-order valence-electron chi connectivity index (χ3n) is 4.40. The van der Waals surface area contributed by atoms with Gasteiger partial charge in [-0.2, -0.15) is 0 Å². The fourth-order valence-electron chi connectivity index (χ4n) is 2.99. The molecule has 0 fully saturated rings. The van der Waals surface area contributed by atoms with Gasteiger partial charge in [0.2, 0.25) is 11.6 Å². The minimum atomic E-state index is -0.520. The van der Waals surface area contributed by atoms with Crippen molar-refractivity contribution in [1.82, 2.24) is 4.98 Å². The summed E-state index contributed by atoms with van der Waals surface area (Å²) in [4.78, 5) is 17.2. The van der Waals surface area contributed by atoms with Gasteiger partial charge in [0.25, 0.3) is 0 Å². The van der Waals surface area contributed by atoms with Crippen LogP contribution in [0.3, 0.4) is 0 Å². The van der Waals surface area contributed by atoms with E-state index in [9.17, 15) is 4.79 Å². The summed E-state index contributed by atoms with van der Waals surface area (Å²) in [5, 5.41) is 0. The van der Waals surface area contributed by atoms with Crippen LogP contribution >= 0.6 is 0 Å².